The molecule has 0 aromatic heterocycles. The Labute approximate surface area is 191 Å². The Balaban J connectivity index is 2.13. The standard InChI is InChI=1S/C20H16ClN5O7/c1-3-33-20(28)16-10(2)22-13-6-4-5-7-14(13)23-18(16)24-19(27)12-8-11(25(29)30)9-15(17(12)21)26(31)32/h4-9,22H,3H2,1-2H3,(H,23,24,27). The molecule has 0 radical (unpaired) electrons. The van der Waals surface area contributed by atoms with E-state index in [-0.39, 0.29) is 18.0 Å². The fourth-order valence-electron chi connectivity index (χ4n) is 3.01. The number of benzene rings is 2. The third kappa shape index (κ3) is 4.80. The van der Waals surface area contributed by atoms with Gasteiger partial charge < -0.3 is 15.4 Å². The second kappa shape index (κ2) is 9.44. The first kappa shape index (κ1) is 23.3. The smallest absolute Gasteiger partial charge is 0.343 e. The van der Waals surface area contributed by atoms with E-state index in [1.165, 1.54) is 0 Å². The zero-order valence-electron chi connectivity index (χ0n) is 17.2. The number of esters is 1. The van der Waals surface area contributed by atoms with E-state index in [9.17, 15) is 29.8 Å². The summed E-state index contributed by atoms with van der Waals surface area (Å²) in [5, 5.41) is 27.3. The molecule has 1 heterocycles. The van der Waals surface area contributed by atoms with Crippen molar-refractivity contribution in [2.45, 2.75) is 13.8 Å². The minimum atomic E-state index is -1.04. The monoisotopic (exact) mass is 473 g/mol. The van der Waals surface area contributed by atoms with E-state index in [4.69, 9.17) is 16.3 Å². The molecule has 170 valence electrons. The zero-order valence-corrected chi connectivity index (χ0v) is 18.0. The van der Waals surface area contributed by atoms with Crippen molar-refractivity contribution in [1.29, 1.82) is 0 Å². The quantitative estimate of drug-likeness (QED) is 0.374. The molecule has 33 heavy (non-hydrogen) atoms. The Hall–Kier alpha value is -4.32. The van der Waals surface area contributed by atoms with Crippen LogP contribution in [0.25, 0.3) is 0 Å². The molecule has 0 saturated carbocycles. The first-order valence-corrected chi connectivity index (χ1v) is 9.78. The van der Waals surface area contributed by atoms with Gasteiger partial charge in [-0.3, -0.25) is 25.0 Å². The van der Waals surface area contributed by atoms with Gasteiger partial charge in [-0.2, -0.15) is 0 Å². The third-order valence-electron chi connectivity index (χ3n) is 4.47. The Kier molecular flexibility index (Phi) is 6.68. The summed E-state index contributed by atoms with van der Waals surface area (Å²) < 4.78 is 5.07. The summed E-state index contributed by atoms with van der Waals surface area (Å²) >= 11 is 6.00. The SMILES string of the molecule is CCOC(=O)C1=C(C)Nc2ccccc2N=C1NC(=O)c1cc([N+](=O)[O-])cc([N+](=O)[O-])c1Cl. The minimum absolute atomic E-state index is 0.0483. The molecule has 1 aliphatic rings. The molecule has 3 rings (SSSR count). The Morgan fingerprint density at radius 1 is 1.18 bits per heavy atom. The van der Waals surface area contributed by atoms with Gasteiger partial charge in [-0.15, -0.1) is 0 Å². The number of allylic oxidation sites excluding steroid dienone is 1. The van der Waals surface area contributed by atoms with Crippen LogP contribution >= 0.6 is 11.6 Å². The topological polar surface area (TPSA) is 166 Å². The van der Waals surface area contributed by atoms with Gasteiger partial charge in [0.05, 0.1) is 39.5 Å². The number of hydrogen-bond donors (Lipinski definition) is 2. The van der Waals surface area contributed by atoms with E-state index in [2.05, 4.69) is 15.6 Å². The van der Waals surface area contributed by atoms with Crippen LogP contribution in [0.3, 0.4) is 0 Å². The number of fused-ring (bicyclic) bond motifs is 1. The van der Waals surface area contributed by atoms with Crippen molar-refractivity contribution in [1.82, 2.24) is 5.32 Å². The minimum Gasteiger partial charge on any atom is -0.462 e. The van der Waals surface area contributed by atoms with E-state index in [0.717, 1.165) is 6.07 Å². The van der Waals surface area contributed by atoms with Gasteiger partial charge in [-0.05, 0) is 26.0 Å². The van der Waals surface area contributed by atoms with Crippen LogP contribution in [0.4, 0.5) is 22.7 Å². The number of carbonyl (C=O) groups is 2. The maximum atomic E-state index is 13.0. The zero-order chi connectivity index (χ0) is 24.3. The van der Waals surface area contributed by atoms with Crippen LogP contribution in [0.5, 0.6) is 0 Å². The Morgan fingerprint density at radius 3 is 2.52 bits per heavy atom. The van der Waals surface area contributed by atoms with Crippen LogP contribution in [0.1, 0.15) is 24.2 Å². The lowest BCUT2D eigenvalue weighted by Gasteiger charge is -2.13. The van der Waals surface area contributed by atoms with Crippen molar-refractivity contribution in [3.05, 3.63) is 78.5 Å². The van der Waals surface area contributed by atoms with Gasteiger partial charge in [0.25, 0.3) is 17.3 Å². The Morgan fingerprint density at radius 2 is 1.88 bits per heavy atom. The number of rotatable bonds is 5. The van der Waals surface area contributed by atoms with Crippen molar-refractivity contribution >= 4 is 52.1 Å². The summed E-state index contributed by atoms with van der Waals surface area (Å²) in [5.74, 6) is -2.05. The number of para-hydroxylation sites is 2. The molecular weight excluding hydrogens is 458 g/mol. The molecule has 1 aliphatic heterocycles. The Bertz CT molecular complexity index is 1260. The lowest BCUT2D eigenvalue weighted by molar-refractivity contribution is -0.394. The van der Waals surface area contributed by atoms with Gasteiger partial charge in [-0.25, -0.2) is 9.79 Å². The molecule has 2 aromatic carbocycles. The second-order valence-corrected chi connectivity index (χ2v) is 7.00. The van der Waals surface area contributed by atoms with E-state index in [1.807, 2.05) is 0 Å². The number of nitrogens with zero attached hydrogens (tertiary/aromatic N) is 3. The highest BCUT2D eigenvalue weighted by molar-refractivity contribution is 6.37. The summed E-state index contributed by atoms with van der Waals surface area (Å²) in [6.45, 7) is 3.22. The van der Waals surface area contributed by atoms with E-state index < -0.39 is 43.7 Å². The van der Waals surface area contributed by atoms with E-state index in [0.29, 0.717) is 23.1 Å². The molecule has 2 aromatic rings. The summed E-state index contributed by atoms with van der Waals surface area (Å²) in [4.78, 5) is 50.6. The normalized spacial score (nSPS) is 12.6. The number of hydrogen-bond acceptors (Lipinski definition) is 9. The number of halogens is 1. The number of anilines is 1. The summed E-state index contributed by atoms with van der Waals surface area (Å²) in [6, 6.07) is 8.21. The molecule has 0 aliphatic carbocycles. The van der Waals surface area contributed by atoms with Gasteiger partial charge >= 0.3 is 5.97 Å². The average molecular weight is 474 g/mol. The molecule has 0 unspecified atom stereocenters. The molecule has 0 saturated heterocycles. The summed E-state index contributed by atoms with van der Waals surface area (Å²) in [6.07, 6.45) is 0. The van der Waals surface area contributed by atoms with Crippen LogP contribution in [0.15, 0.2) is 52.7 Å². The van der Waals surface area contributed by atoms with E-state index >= 15 is 0 Å². The predicted octanol–water partition coefficient (Wildman–Crippen LogP) is 3.88. The van der Waals surface area contributed by atoms with Gasteiger partial charge in [-0.1, -0.05) is 23.7 Å². The maximum Gasteiger partial charge on any atom is 0.343 e. The number of non-ortho nitro benzene ring substituents is 1. The van der Waals surface area contributed by atoms with Crippen LogP contribution in [0.2, 0.25) is 5.02 Å². The lowest BCUT2D eigenvalue weighted by atomic mass is 10.1. The number of nitro groups is 2. The second-order valence-electron chi connectivity index (χ2n) is 6.62. The van der Waals surface area contributed by atoms with Crippen molar-refractivity contribution in [3.8, 4) is 0 Å². The maximum absolute atomic E-state index is 13.0. The number of carbonyl (C=O) groups excluding carboxylic acids is 2. The summed E-state index contributed by atoms with van der Waals surface area (Å²) in [7, 11) is 0. The molecule has 13 heteroatoms. The highest BCUT2D eigenvalue weighted by Crippen LogP contribution is 2.34. The van der Waals surface area contributed by atoms with Crippen LogP contribution in [-0.2, 0) is 9.53 Å². The third-order valence-corrected chi connectivity index (χ3v) is 4.87. The summed E-state index contributed by atoms with van der Waals surface area (Å²) in [5.41, 5.74) is -0.920. The predicted molar refractivity (Wildman–Crippen MR) is 119 cm³/mol. The van der Waals surface area contributed by atoms with Crippen LogP contribution in [-0.4, -0.2) is 34.2 Å². The van der Waals surface area contributed by atoms with Gasteiger partial charge in [0, 0.05) is 11.8 Å². The molecule has 0 spiro atoms. The fourth-order valence-corrected chi connectivity index (χ4v) is 3.28. The average Bonchev–Trinajstić information content (AvgIpc) is 2.88. The number of ether oxygens (including phenoxy) is 1. The highest BCUT2D eigenvalue weighted by Gasteiger charge is 2.30. The molecule has 0 bridgehead atoms. The van der Waals surface area contributed by atoms with Gasteiger partial charge in [0.15, 0.2) is 0 Å². The molecule has 0 atom stereocenters. The van der Waals surface area contributed by atoms with Crippen molar-refractivity contribution in [3.63, 3.8) is 0 Å². The van der Waals surface area contributed by atoms with Crippen molar-refractivity contribution < 1.29 is 24.2 Å². The first-order valence-electron chi connectivity index (χ1n) is 9.40. The molecular formula is C20H16ClN5O7. The van der Waals surface area contributed by atoms with Crippen molar-refractivity contribution in [2.75, 3.05) is 11.9 Å². The molecule has 12 nitrogen and oxygen atoms in total. The number of amidine groups is 1. The lowest BCUT2D eigenvalue weighted by Crippen LogP contribution is -2.35. The van der Waals surface area contributed by atoms with Crippen LogP contribution < -0.4 is 10.6 Å². The van der Waals surface area contributed by atoms with E-state index in [1.54, 1.807) is 38.1 Å². The number of aliphatic imine (C=N–C) groups is 1. The number of nitro benzene ring substituents is 2. The van der Waals surface area contributed by atoms with Crippen molar-refractivity contribution in [2.24, 2.45) is 4.99 Å². The largest absolute Gasteiger partial charge is 0.462 e. The van der Waals surface area contributed by atoms with Gasteiger partial charge in [0.2, 0.25) is 0 Å². The highest BCUT2D eigenvalue weighted by atomic mass is 35.5. The fraction of sp³-hybridized carbons (Fsp3) is 0.150. The number of nitrogens with one attached hydrogen (secondary N) is 2. The number of amides is 1. The van der Waals surface area contributed by atoms with Crippen LogP contribution in [0, 0.1) is 20.2 Å². The van der Waals surface area contributed by atoms with Gasteiger partial charge in [0.1, 0.15) is 16.4 Å². The molecule has 1 amide bonds. The first-order chi connectivity index (χ1) is 15.6. The molecule has 0 fully saturated rings. The molecule has 2 N–H and O–H groups in total.